The van der Waals surface area contributed by atoms with Crippen LogP contribution in [0.3, 0.4) is 0 Å². The van der Waals surface area contributed by atoms with Crippen LogP contribution < -0.4 is 0 Å². The van der Waals surface area contributed by atoms with Gasteiger partial charge in [-0.3, -0.25) is 9.59 Å². The van der Waals surface area contributed by atoms with Gasteiger partial charge in [0.1, 0.15) is 6.73 Å². The molecule has 17 heavy (non-hydrogen) atoms. The average molecular weight is 261 g/mol. The lowest BCUT2D eigenvalue weighted by atomic mass is 10.1. The molecule has 1 amide bonds. The van der Waals surface area contributed by atoms with Crippen molar-refractivity contribution in [1.29, 1.82) is 0 Å². The second-order valence-electron chi connectivity index (χ2n) is 3.74. The maximum Gasteiger partial charge on any atom is 0.329 e. The van der Waals surface area contributed by atoms with Crippen LogP contribution in [-0.4, -0.2) is 51.6 Å². The van der Waals surface area contributed by atoms with E-state index in [-0.39, 0.29) is 24.2 Å². The fourth-order valence-corrected chi connectivity index (χ4v) is 2.17. The number of amides is 1. The summed E-state index contributed by atoms with van der Waals surface area (Å²) >= 11 is 1.05. The van der Waals surface area contributed by atoms with Crippen molar-refractivity contribution >= 4 is 28.8 Å². The molecule has 1 aliphatic heterocycles. The highest BCUT2D eigenvalue weighted by Crippen LogP contribution is 2.19. The van der Waals surface area contributed by atoms with Gasteiger partial charge in [-0.05, 0) is 6.92 Å². The summed E-state index contributed by atoms with van der Waals surface area (Å²) in [5, 5.41) is 8.93. The molecule has 0 radical (unpaired) electrons. The van der Waals surface area contributed by atoms with Gasteiger partial charge in [-0.25, -0.2) is 4.79 Å². The number of carbonyl (C=O) groups is 3. The molecule has 0 spiro atoms. The highest BCUT2D eigenvalue weighted by atomic mass is 32.2. The van der Waals surface area contributed by atoms with Gasteiger partial charge in [-0.15, -0.1) is 0 Å². The van der Waals surface area contributed by atoms with Crippen LogP contribution in [0.25, 0.3) is 0 Å². The molecule has 1 saturated heterocycles. The number of hydrogen-bond donors (Lipinski definition) is 1. The number of ether oxygens (including phenoxy) is 1. The van der Waals surface area contributed by atoms with E-state index in [2.05, 4.69) is 0 Å². The summed E-state index contributed by atoms with van der Waals surface area (Å²) in [7, 11) is 0. The van der Waals surface area contributed by atoms with Gasteiger partial charge in [0.15, 0.2) is 11.2 Å². The Labute approximate surface area is 103 Å². The van der Waals surface area contributed by atoms with Crippen LogP contribution in [0, 0.1) is 0 Å². The molecule has 0 aromatic rings. The SMILES string of the molecule is CC(=O)SCCC(=O)N1CO[C@H](C)[C@H]1C(=O)O. The van der Waals surface area contributed by atoms with E-state index in [1.807, 2.05) is 0 Å². The Bertz CT molecular complexity index is 333. The second kappa shape index (κ2) is 6.02. The van der Waals surface area contributed by atoms with Gasteiger partial charge in [0, 0.05) is 19.1 Å². The smallest absolute Gasteiger partial charge is 0.329 e. The normalized spacial score (nSPS) is 23.8. The number of rotatable bonds is 4. The Morgan fingerprint density at radius 3 is 2.65 bits per heavy atom. The number of nitrogens with zero attached hydrogens (tertiary/aromatic N) is 1. The van der Waals surface area contributed by atoms with Crippen molar-refractivity contribution in [2.45, 2.75) is 32.4 Å². The van der Waals surface area contributed by atoms with E-state index in [0.717, 1.165) is 11.8 Å². The molecule has 0 bridgehead atoms. The largest absolute Gasteiger partial charge is 0.480 e. The predicted molar refractivity (Wildman–Crippen MR) is 61.4 cm³/mol. The standard InChI is InChI=1S/C10H15NO5S/c1-6-9(10(14)15)11(5-16-6)8(13)3-4-17-7(2)12/h6,9H,3-5H2,1-2H3,(H,14,15)/t6-,9+/m1/s1. The number of carboxylic acids is 1. The minimum atomic E-state index is -1.07. The molecule has 0 saturated carbocycles. The van der Waals surface area contributed by atoms with Crippen LogP contribution in [0.15, 0.2) is 0 Å². The number of thioether (sulfide) groups is 1. The maximum atomic E-state index is 11.7. The van der Waals surface area contributed by atoms with E-state index in [1.165, 1.54) is 11.8 Å². The first-order valence-corrected chi connectivity index (χ1v) is 6.19. The van der Waals surface area contributed by atoms with Crippen molar-refractivity contribution in [2.24, 2.45) is 0 Å². The fourth-order valence-electron chi connectivity index (χ4n) is 1.61. The first-order valence-electron chi connectivity index (χ1n) is 5.20. The first kappa shape index (κ1) is 14.0. The van der Waals surface area contributed by atoms with Crippen LogP contribution >= 0.6 is 11.8 Å². The third-order valence-electron chi connectivity index (χ3n) is 2.45. The van der Waals surface area contributed by atoms with E-state index < -0.39 is 18.1 Å². The quantitative estimate of drug-likeness (QED) is 0.784. The Morgan fingerprint density at radius 1 is 1.47 bits per heavy atom. The average Bonchev–Trinajstić information content (AvgIpc) is 2.59. The van der Waals surface area contributed by atoms with Gasteiger partial charge < -0.3 is 14.7 Å². The summed E-state index contributed by atoms with van der Waals surface area (Å²) in [6.07, 6.45) is -0.360. The zero-order valence-electron chi connectivity index (χ0n) is 9.71. The minimum absolute atomic E-state index is 0.00169. The molecule has 6 nitrogen and oxygen atoms in total. The molecular weight excluding hydrogens is 246 g/mol. The molecule has 0 unspecified atom stereocenters. The van der Waals surface area contributed by atoms with Gasteiger partial charge in [0.05, 0.1) is 6.10 Å². The Kier molecular flexibility index (Phi) is 4.95. The van der Waals surface area contributed by atoms with Crippen molar-refractivity contribution in [2.75, 3.05) is 12.5 Å². The van der Waals surface area contributed by atoms with Gasteiger partial charge in [-0.1, -0.05) is 11.8 Å². The van der Waals surface area contributed by atoms with Crippen molar-refractivity contribution in [1.82, 2.24) is 4.90 Å². The summed E-state index contributed by atoms with van der Waals surface area (Å²) in [6.45, 7) is 3.05. The van der Waals surface area contributed by atoms with E-state index in [4.69, 9.17) is 9.84 Å². The number of aliphatic carboxylic acids is 1. The molecule has 7 heteroatoms. The summed E-state index contributed by atoms with van der Waals surface area (Å²) in [5.74, 6) is -0.996. The first-order chi connectivity index (χ1) is 7.93. The van der Waals surface area contributed by atoms with Crippen molar-refractivity contribution in [3.8, 4) is 0 Å². The Hall–Kier alpha value is -1.08. The molecule has 1 heterocycles. The van der Waals surface area contributed by atoms with E-state index in [9.17, 15) is 14.4 Å². The van der Waals surface area contributed by atoms with E-state index in [1.54, 1.807) is 6.92 Å². The fraction of sp³-hybridized carbons (Fsp3) is 0.700. The molecule has 1 rings (SSSR count). The lowest BCUT2D eigenvalue weighted by Crippen LogP contribution is -2.44. The van der Waals surface area contributed by atoms with Crippen LogP contribution in [0.2, 0.25) is 0 Å². The van der Waals surface area contributed by atoms with Gasteiger partial charge in [0.25, 0.3) is 0 Å². The molecule has 2 atom stereocenters. The summed E-state index contributed by atoms with van der Waals surface area (Å²) in [6, 6.07) is -0.926. The predicted octanol–water partition coefficient (Wildman–Crippen LogP) is 0.314. The zero-order chi connectivity index (χ0) is 13.0. The second-order valence-corrected chi connectivity index (χ2v) is 5.01. The number of carbonyl (C=O) groups excluding carboxylic acids is 2. The summed E-state index contributed by atoms with van der Waals surface area (Å²) in [5.41, 5.74) is 0. The zero-order valence-corrected chi connectivity index (χ0v) is 10.5. The molecule has 96 valence electrons. The van der Waals surface area contributed by atoms with Crippen molar-refractivity contribution in [3.63, 3.8) is 0 Å². The van der Waals surface area contributed by atoms with Crippen molar-refractivity contribution in [3.05, 3.63) is 0 Å². The van der Waals surface area contributed by atoms with Gasteiger partial charge in [-0.2, -0.15) is 0 Å². The number of carboxylic acid groups (broad SMARTS) is 1. The Balaban J connectivity index is 2.51. The molecular formula is C10H15NO5S. The Morgan fingerprint density at radius 2 is 2.12 bits per heavy atom. The van der Waals surface area contributed by atoms with Gasteiger partial charge >= 0.3 is 5.97 Å². The molecule has 1 N–H and O–H groups in total. The number of hydrogen-bond acceptors (Lipinski definition) is 5. The van der Waals surface area contributed by atoms with E-state index >= 15 is 0 Å². The third kappa shape index (κ3) is 3.71. The highest BCUT2D eigenvalue weighted by molar-refractivity contribution is 8.13. The summed E-state index contributed by atoms with van der Waals surface area (Å²) < 4.78 is 5.14. The topological polar surface area (TPSA) is 83.9 Å². The molecule has 1 aliphatic rings. The monoisotopic (exact) mass is 261 g/mol. The highest BCUT2D eigenvalue weighted by Gasteiger charge is 2.40. The molecule has 1 fully saturated rings. The van der Waals surface area contributed by atoms with Crippen LogP contribution in [-0.2, 0) is 19.1 Å². The van der Waals surface area contributed by atoms with Crippen LogP contribution in [0.4, 0.5) is 0 Å². The molecule has 0 aromatic heterocycles. The van der Waals surface area contributed by atoms with E-state index in [0.29, 0.717) is 5.75 Å². The van der Waals surface area contributed by atoms with Crippen LogP contribution in [0.5, 0.6) is 0 Å². The lowest BCUT2D eigenvalue weighted by molar-refractivity contribution is -0.148. The van der Waals surface area contributed by atoms with Crippen molar-refractivity contribution < 1.29 is 24.2 Å². The minimum Gasteiger partial charge on any atom is -0.480 e. The lowest BCUT2D eigenvalue weighted by Gasteiger charge is -2.20. The molecule has 0 aliphatic carbocycles. The van der Waals surface area contributed by atoms with Crippen LogP contribution in [0.1, 0.15) is 20.3 Å². The maximum absolute atomic E-state index is 11.7. The van der Waals surface area contributed by atoms with Gasteiger partial charge in [0.2, 0.25) is 5.91 Å². The summed E-state index contributed by atoms with van der Waals surface area (Å²) in [4.78, 5) is 34.6. The molecule has 0 aromatic carbocycles. The third-order valence-corrected chi connectivity index (χ3v) is 3.27.